The number of hydrogen-bond donors (Lipinski definition) is 2. The van der Waals surface area contributed by atoms with E-state index in [1.807, 2.05) is 12.1 Å². The minimum Gasteiger partial charge on any atom is -0.387 e. The van der Waals surface area contributed by atoms with E-state index in [1.54, 1.807) is 11.8 Å². The molecule has 1 atom stereocenters. The summed E-state index contributed by atoms with van der Waals surface area (Å²) in [5.74, 6) is 1.11. The SMILES string of the molecule is NCC(O)(CSc1ccc(Br)cc1)C1CC1. The lowest BCUT2D eigenvalue weighted by Crippen LogP contribution is -2.42. The van der Waals surface area contributed by atoms with Crippen molar-refractivity contribution < 1.29 is 5.11 Å². The number of benzene rings is 1. The summed E-state index contributed by atoms with van der Waals surface area (Å²) in [7, 11) is 0. The van der Waals surface area contributed by atoms with Gasteiger partial charge in [0, 0.05) is 21.7 Å². The van der Waals surface area contributed by atoms with E-state index in [-0.39, 0.29) is 0 Å². The van der Waals surface area contributed by atoms with E-state index >= 15 is 0 Å². The second kappa shape index (κ2) is 5.08. The molecular formula is C12H16BrNOS. The molecule has 2 nitrogen and oxygen atoms in total. The topological polar surface area (TPSA) is 46.2 Å². The summed E-state index contributed by atoms with van der Waals surface area (Å²) in [6.07, 6.45) is 2.24. The number of nitrogens with two attached hydrogens (primary N) is 1. The molecule has 1 saturated carbocycles. The molecule has 0 spiro atoms. The van der Waals surface area contributed by atoms with E-state index in [0.29, 0.717) is 18.2 Å². The Morgan fingerprint density at radius 3 is 2.50 bits per heavy atom. The number of aliphatic hydroxyl groups is 1. The summed E-state index contributed by atoms with van der Waals surface area (Å²) in [6.45, 7) is 0.362. The second-order valence-electron chi connectivity index (χ2n) is 4.32. The number of thioether (sulfide) groups is 1. The fourth-order valence-electron chi connectivity index (χ4n) is 1.70. The molecule has 0 saturated heterocycles. The fourth-order valence-corrected chi connectivity index (χ4v) is 3.07. The van der Waals surface area contributed by atoms with Gasteiger partial charge in [-0.25, -0.2) is 0 Å². The predicted molar refractivity (Wildman–Crippen MR) is 71.6 cm³/mol. The quantitative estimate of drug-likeness (QED) is 0.822. The smallest absolute Gasteiger partial charge is 0.0890 e. The van der Waals surface area contributed by atoms with Crippen molar-refractivity contribution in [3.8, 4) is 0 Å². The predicted octanol–water partition coefficient (Wildman–Crippen LogP) is 2.64. The molecule has 88 valence electrons. The highest BCUT2D eigenvalue weighted by molar-refractivity contribution is 9.10. The third-order valence-electron chi connectivity index (χ3n) is 2.99. The highest BCUT2D eigenvalue weighted by Crippen LogP contribution is 2.41. The molecule has 1 aliphatic rings. The zero-order valence-corrected chi connectivity index (χ0v) is 11.4. The van der Waals surface area contributed by atoms with Crippen LogP contribution in [-0.4, -0.2) is 23.0 Å². The van der Waals surface area contributed by atoms with Gasteiger partial charge in [-0.15, -0.1) is 11.8 Å². The molecule has 1 aliphatic carbocycles. The van der Waals surface area contributed by atoms with Crippen LogP contribution >= 0.6 is 27.7 Å². The van der Waals surface area contributed by atoms with Gasteiger partial charge in [0.15, 0.2) is 0 Å². The summed E-state index contributed by atoms with van der Waals surface area (Å²) in [4.78, 5) is 1.18. The second-order valence-corrected chi connectivity index (χ2v) is 6.29. The molecule has 0 heterocycles. The highest BCUT2D eigenvalue weighted by atomic mass is 79.9. The number of rotatable bonds is 5. The lowest BCUT2D eigenvalue weighted by Gasteiger charge is -2.25. The molecule has 1 aromatic rings. The van der Waals surface area contributed by atoms with Crippen LogP contribution in [0.15, 0.2) is 33.6 Å². The molecule has 0 aliphatic heterocycles. The summed E-state index contributed by atoms with van der Waals surface area (Å²) in [6, 6.07) is 8.14. The first kappa shape index (κ1) is 12.4. The first-order valence-corrected chi connectivity index (χ1v) is 7.23. The first-order chi connectivity index (χ1) is 7.64. The molecule has 0 amide bonds. The van der Waals surface area contributed by atoms with E-state index < -0.39 is 5.60 Å². The largest absolute Gasteiger partial charge is 0.387 e. The van der Waals surface area contributed by atoms with Gasteiger partial charge in [-0.2, -0.15) is 0 Å². The minimum absolute atomic E-state index is 0.362. The molecule has 1 fully saturated rings. The van der Waals surface area contributed by atoms with Gasteiger partial charge >= 0.3 is 0 Å². The lowest BCUT2D eigenvalue weighted by atomic mass is 10.0. The molecule has 2 rings (SSSR count). The van der Waals surface area contributed by atoms with Gasteiger partial charge in [0.25, 0.3) is 0 Å². The summed E-state index contributed by atoms with van der Waals surface area (Å²) < 4.78 is 1.08. The molecule has 3 N–H and O–H groups in total. The van der Waals surface area contributed by atoms with E-state index in [1.165, 1.54) is 4.90 Å². The Labute approximate surface area is 109 Å². The van der Waals surface area contributed by atoms with Crippen LogP contribution in [0.25, 0.3) is 0 Å². The van der Waals surface area contributed by atoms with Crippen LogP contribution in [0.2, 0.25) is 0 Å². The Kier molecular flexibility index (Phi) is 3.95. The number of halogens is 1. The monoisotopic (exact) mass is 301 g/mol. The zero-order chi connectivity index (χ0) is 11.6. The van der Waals surface area contributed by atoms with Crippen LogP contribution in [-0.2, 0) is 0 Å². The summed E-state index contributed by atoms with van der Waals surface area (Å²) >= 11 is 5.08. The van der Waals surface area contributed by atoms with Crippen molar-refractivity contribution >= 4 is 27.7 Å². The Morgan fingerprint density at radius 1 is 1.38 bits per heavy atom. The third-order valence-corrected chi connectivity index (χ3v) is 4.77. The molecule has 4 heteroatoms. The van der Waals surface area contributed by atoms with Crippen LogP contribution in [0.3, 0.4) is 0 Å². The average Bonchev–Trinajstić information content (AvgIpc) is 3.12. The zero-order valence-electron chi connectivity index (χ0n) is 9.03. The van der Waals surface area contributed by atoms with Crippen LogP contribution in [0.5, 0.6) is 0 Å². The van der Waals surface area contributed by atoms with Crippen LogP contribution in [0.4, 0.5) is 0 Å². The van der Waals surface area contributed by atoms with Gasteiger partial charge in [-0.1, -0.05) is 15.9 Å². The molecule has 1 unspecified atom stereocenters. The Morgan fingerprint density at radius 2 is 2.00 bits per heavy atom. The minimum atomic E-state index is -0.669. The van der Waals surface area contributed by atoms with Crippen molar-refractivity contribution in [1.29, 1.82) is 0 Å². The normalized spacial score (nSPS) is 19.4. The molecule has 0 aromatic heterocycles. The Bertz CT molecular complexity index is 353. The average molecular weight is 302 g/mol. The van der Waals surface area contributed by atoms with Crippen molar-refractivity contribution in [3.63, 3.8) is 0 Å². The first-order valence-electron chi connectivity index (χ1n) is 5.45. The molecule has 16 heavy (non-hydrogen) atoms. The number of hydrogen-bond acceptors (Lipinski definition) is 3. The highest BCUT2D eigenvalue weighted by Gasteiger charge is 2.42. The summed E-state index contributed by atoms with van der Waals surface area (Å²) in [5, 5.41) is 10.3. The van der Waals surface area contributed by atoms with Crippen molar-refractivity contribution in [2.24, 2.45) is 11.7 Å². The lowest BCUT2D eigenvalue weighted by molar-refractivity contribution is 0.0510. The van der Waals surface area contributed by atoms with Gasteiger partial charge < -0.3 is 10.8 Å². The van der Waals surface area contributed by atoms with Crippen LogP contribution in [0.1, 0.15) is 12.8 Å². The third kappa shape index (κ3) is 3.00. The van der Waals surface area contributed by atoms with Crippen LogP contribution < -0.4 is 5.73 Å². The summed E-state index contributed by atoms with van der Waals surface area (Å²) in [5.41, 5.74) is 5.00. The van der Waals surface area contributed by atoms with Gasteiger partial charge in [0.05, 0.1) is 5.60 Å². The fraction of sp³-hybridized carbons (Fsp3) is 0.500. The van der Waals surface area contributed by atoms with E-state index in [2.05, 4.69) is 28.1 Å². The molecule has 0 bridgehead atoms. The van der Waals surface area contributed by atoms with Crippen molar-refractivity contribution in [2.45, 2.75) is 23.3 Å². The maximum absolute atomic E-state index is 10.3. The standard InChI is InChI=1S/C12H16BrNOS/c13-10-3-5-11(6-4-10)16-8-12(15,7-14)9-1-2-9/h3-6,9,15H,1-2,7-8,14H2. The van der Waals surface area contributed by atoms with E-state index in [9.17, 15) is 5.11 Å². The van der Waals surface area contributed by atoms with Gasteiger partial charge in [0.2, 0.25) is 0 Å². The van der Waals surface area contributed by atoms with Crippen LogP contribution in [0, 0.1) is 5.92 Å². The maximum Gasteiger partial charge on any atom is 0.0890 e. The van der Waals surface area contributed by atoms with Gasteiger partial charge in [-0.05, 0) is 43.0 Å². The van der Waals surface area contributed by atoms with Crippen molar-refractivity contribution in [2.75, 3.05) is 12.3 Å². The van der Waals surface area contributed by atoms with Crippen molar-refractivity contribution in [1.82, 2.24) is 0 Å². The van der Waals surface area contributed by atoms with Gasteiger partial charge in [0.1, 0.15) is 0 Å². The van der Waals surface area contributed by atoms with E-state index in [0.717, 1.165) is 17.3 Å². The Balaban J connectivity index is 1.92. The van der Waals surface area contributed by atoms with E-state index in [4.69, 9.17) is 5.73 Å². The molecule has 1 aromatic carbocycles. The Hall–Kier alpha value is -0.0300. The van der Waals surface area contributed by atoms with Crippen molar-refractivity contribution in [3.05, 3.63) is 28.7 Å². The molecule has 0 radical (unpaired) electrons. The van der Waals surface area contributed by atoms with Gasteiger partial charge in [-0.3, -0.25) is 0 Å². The maximum atomic E-state index is 10.3. The molecular weight excluding hydrogens is 286 g/mol.